The van der Waals surface area contributed by atoms with E-state index in [2.05, 4.69) is 20.1 Å². The number of thioether (sulfide) groups is 1. The molecule has 3 heterocycles. The van der Waals surface area contributed by atoms with Crippen LogP contribution < -0.4 is 0 Å². The summed E-state index contributed by atoms with van der Waals surface area (Å²) in [6.07, 6.45) is 9.02. The number of hydrogen-bond acceptors (Lipinski definition) is 6. The largest absolute Gasteiger partial charge is 0.465 e. The van der Waals surface area contributed by atoms with E-state index in [0.29, 0.717) is 39.1 Å². The summed E-state index contributed by atoms with van der Waals surface area (Å²) in [4.78, 5) is 45.7. The minimum absolute atomic E-state index is 0.0292. The average Bonchev–Trinajstić information content (AvgIpc) is 3.54. The number of unbranched alkanes of at least 4 members (excludes halogenated alkanes) is 4. The van der Waals surface area contributed by atoms with E-state index in [1.165, 1.54) is 0 Å². The van der Waals surface area contributed by atoms with Crippen LogP contribution in [-0.2, 0) is 25.7 Å². The number of likely N-dealkylation sites (tertiary alicyclic amines) is 1. The standard InChI is InChI=1S/C32H44N2O5S/c1-4-6-7-14-20-39-31(38)26-25-21-23(3)32(40-25)27(26)29(36)34(18-12-9-13-19-35)28(32)30(37)33(17-5-2)22-24-15-10-8-11-16-24/h4-5,8,10-11,15-16,23,25-28,35H,1-2,6-7,9,12-14,17-22H2,3H3/t23?,25-,26+,27-,28?,32?/m0/s1. The fourth-order valence-corrected chi connectivity index (χ4v) is 9.31. The quantitative estimate of drug-likeness (QED) is 0.178. The first-order chi connectivity index (χ1) is 19.4. The molecule has 0 aliphatic carbocycles. The van der Waals surface area contributed by atoms with Crippen LogP contribution in [0.4, 0.5) is 0 Å². The molecule has 3 saturated heterocycles. The highest BCUT2D eigenvalue weighted by Crippen LogP contribution is 2.68. The fraction of sp³-hybridized carbons (Fsp3) is 0.594. The summed E-state index contributed by atoms with van der Waals surface area (Å²) in [6.45, 7) is 11.4. The van der Waals surface area contributed by atoms with Gasteiger partial charge in [-0.25, -0.2) is 0 Å². The number of aliphatic hydroxyl groups excluding tert-OH is 1. The number of esters is 1. The Morgan fingerprint density at radius 1 is 1.15 bits per heavy atom. The molecule has 1 aromatic rings. The number of carbonyl (C=O) groups is 3. The second-order valence-corrected chi connectivity index (χ2v) is 12.9. The number of nitrogens with zero attached hydrogens (tertiary/aromatic N) is 2. The second-order valence-electron chi connectivity index (χ2n) is 11.3. The van der Waals surface area contributed by atoms with Crippen LogP contribution in [0.15, 0.2) is 55.6 Å². The van der Waals surface area contributed by atoms with Gasteiger partial charge in [0.25, 0.3) is 0 Å². The topological polar surface area (TPSA) is 87.2 Å². The molecule has 4 rings (SSSR count). The smallest absolute Gasteiger partial charge is 0.310 e. The van der Waals surface area contributed by atoms with Gasteiger partial charge in [0.15, 0.2) is 0 Å². The molecule has 1 aromatic carbocycles. The number of aliphatic hydroxyl groups is 1. The number of rotatable bonds is 16. The van der Waals surface area contributed by atoms with Crippen LogP contribution in [0.5, 0.6) is 0 Å². The molecule has 40 heavy (non-hydrogen) atoms. The lowest BCUT2D eigenvalue weighted by Gasteiger charge is -2.40. The Balaban J connectivity index is 1.63. The molecule has 7 nitrogen and oxygen atoms in total. The SMILES string of the molecule is C=CCCCCOC(=O)[C@@H]1[C@@H]2CC(C)C3(S2)C(C(=O)N(CC=C)Cc2ccccc2)N(CCCCCO)C(=O)[C@H]13. The Bertz CT molecular complexity index is 1060. The zero-order valence-electron chi connectivity index (χ0n) is 23.7. The van der Waals surface area contributed by atoms with E-state index in [1.807, 2.05) is 36.4 Å². The lowest BCUT2D eigenvalue weighted by atomic mass is 9.66. The Labute approximate surface area is 243 Å². The van der Waals surface area contributed by atoms with Crippen molar-refractivity contribution < 1.29 is 24.2 Å². The van der Waals surface area contributed by atoms with E-state index in [-0.39, 0.29) is 35.6 Å². The summed E-state index contributed by atoms with van der Waals surface area (Å²) in [5.74, 6) is -1.49. The molecular formula is C32H44N2O5S. The number of amides is 2. The maximum atomic E-state index is 14.5. The molecule has 1 spiro atoms. The van der Waals surface area contributed by atoms with Crippen molar-refractivity contribution in [1.82, 2.24) is 9.80 Å². The molecule has 0 radical (unpaired) electrons. The highest BCUT2D eigenvalue weighted by Gasteiger charge is 2.76. The van der Waals surface area contributed by atoms with E-state index in [9.17, 15) is 19.5 Å². The lowest BCUT2D eigenvalue weighted by Crippen LogP contribution is -2.57. The van der Waals surface area contributed by atoms with Crippen molar-refractivity contribution in [3.63, 3.8) is 0 Å². The minimum atomic E-state index is -0.668. The molecule has 6 atom stereocenters. The predicted molar refractivity (Wildman–Crippen MR) is 158 cm³/mol. The van der Waals surface area contributed by atoms with Crippen molar-refractivity contribution in [3.8, 4) is 0 Å². The van der Waals surface area contributed by atoms with Crippen LogP contribution >= 0.6 is 11.8 Å². The number of ether oxygens (including phenoxy) is 1. The maximum Gasteiger partial charge on any atom is 0.310 e. The van der Waals surface area contributed by atoms with Gasteiger partial charge in [-0.15, -0.1) is 24.9 Å². The van der Waals surface area contributed by atoms with Crippen molar-refractivity contribution in [3.05, 3.63) is 61.2 Å². The summed E-state index contributed by atoms with van der Waals surface area (Å²) in [7, 11) is 0. The minimum Gasteiger partial charge on any atom is -0.465 e. The number of fused-ring (bicyclic) bond motifs is 1. The average molecular weight is 569 g/mol. The van der Waals surface area contributed by atoms with Gasteiger partial charge in [-0.2, -0.15) is 0 Å². The summed E-state index contributed by atoms with van der Waals surface area (Å²) >= 11 is 1.68. The van der Waals surface area contributed by atoms with Crippen LogP contribution in [0.2, 0.25) is 0 Å². The van der Waals surface area contributed by atoms with Crippen LogP contribution in [0, 0.1) is 17.8 Å². The zero-order valence-corrected chi connectivity index (χ0v) is 24.5. The van der Waals surface area contributed by atoms with E-state index in [1.54, 1.807) is 27.6 Å². The second kappa shape index (κ2) is 13.9. The fourth-order valence-electron chi connectivity index (χ4n) is 6.90. The zero-order chi connectivity index (χ0) is 28.7. The molecule has 3 aliphatic rings. The normalized spacial score (nSPS) is 28.4. The molecule has 1 N–H and O–H groups in total. The first-order valence-electron chi connectivity index (χ1n) is 14.7. The van der Waals surface area contributed by atoms with E-state index < -0.39 is 22.6 Å². The van der Waals surface area contributed by atoms with Gasteiger partial charge in [-0.1, -0.05) is 49.4 Å². The third-order valence-electron chi connectivity index (χ3n) is 8.73. The van der Waals surface area contributed by atoms with Crippen LogP contribution in [0.3, 0.4) is 0 Å². The summed E-state index contributed by atoms with van der Waals surface area (Å²) in [5.41, 5.74) is 1.01. The van der Waals surface area contributed by atoms with Gasteiger partial charge in [0, 0.05) is 31.5 Å². The molecule has 2 bridgehead atoms. The molecule has 3 unspecified atom stereocenters. The van der Waals surface area contributed by atoms with Gasteiger partial charge in [0.1, 0.15) is 6.04 Å². The third-order valence-corrected chi connectivity index (χ3v) is 10.8. The lowest BCUT2D eigenvalue weighted by molar-refractivity contribution is -0.154. The van der Waals surface area contributed by atoms with E-state index in [4.69, 9.17) is 4.74 Å². The van der Waals surface area contributed by atoms with Crippen molar-refractivity contribution >= 4 is 29.5 Å². The number of hydrogen-bond donors (Lipinski definition) is 1. The third kappa shape index (κ3) is 5.89. The molecule has 0 saturated carbocycles. The van der Waals surface area contributed by atoms with Crippen molar-refractivity contribution in [1.29, 1.82) is 0 Å². The number of carbonyl (C=O) groups excluding carboxylic acids is 3. The number of allylic oxidation sites excluding steroid dienone is 1. The monoisotopic (exact) mass is 568 g/mol. The Morgan fingerprint density at radius 2 is 1.93 bits per heavy atom. The van der Waals surface area contributed by atoms with Crippen molar-refractivity contribution in [2.45, 2.75) is 74.5 Å². The molecule has 2 amide bonds. The van der Waals surface area contributed by atoms with E-state index in [0.717, 1.165) is 37.7 Å². The summed E-state index contributed by atoms with van der Waals surface area (Å²) < 4.78 is 5.06. The van der Waals surface area contributed by atoms with Crippen LogP contribution in [0.25, 0.3) is 0 Å². The Hall–Kier alpha value is -2.58. The molecule has 8 heteroatoms. The van der Waals surface area contributed by atoms with Crippen LogP contribution in [-0.4, -0.2) is 75.0 Å². The van der Waals surface area contributed by atoms with Crippen molar-refractivity contribution in [2.24, 2.45) is 17.8 Å². The van der Waals surface area contributed by atoms with Gasteiger partial charge in [0.2, 0.25) is 11.8 Å². The highest BCUT2D eigenvalue weighted by atomic mass is 32.2. The summed E-state index contributed by atoms with van der Waals surface area (Å²) in [5, 5.41) is 9.25. The van der Waals surface area contributed by atoms with Gasteiger partial charge in [-0.05, 0) is 56.4 Å². The van der Waals surface area contributed by atoms with Gasteiger partial charge in [0.05, 0.1) is 23.2 Å². The van der Waals surface area contributed by atoms with E-state index >= 15 is 0 Å². The van der Waals surface area contributed by atoms with Crippen molar-refractivity contribution in [2.75, 3.05) is 26.3 Å². The van der Waals surface area contributed by atoms with Gasteiger partial charge in [-0.3, -0.25) is 14.4 Å². The molecule has 3 aliphatic heterocycles. The number of benzene rings is 1. The molecule has 3 fully saturated rings. The summed E-state index contributed by atoms with van der Waals surface area (Å²) in [6, 6.07) is 9.20. The first-order valence-corrected chi connectivity index (χ1v) is 15.6. The molecule has 218 valence electrons. The van der Waals surface area contributed by atoms with Crippen LogP contribution in [0.1, 0.15) is 57.4 Å². The predicted octanol–water partition coefficient (Wildman–Crippen LogP) is 4.60. The Morgan fingerprint density at radius 3 is 2.62 bits per heavy atom. The first kappa shape index (κ1) is 30.4. The van der Waals surface area contributed by atoms with Gasteiger partial charge >= 0.3 is 5.97 Å². The Kier molecular flexibility index (Phi) is 10.5. The molecular weight excluding hydrogens is 524 g/mol. The maximum absolute atomic E-state index is 14.5. The highest BCUT2D eigenvalue weighted by molar-refractivity contribution is 8.02. The molecule has 0 aromatic heterocycles. The van der Waals surface area contributed by atoms with Gasteiger partial charge < -0.3 is 19.6 Å².